The van der Waals surface area contributed by atoms with Crippen LogP contribution in [0.15, 0.2) is 48.5 Å². The van der Waals surface area contributed by atoms with Gasteiger partial charge >= 0.3 is 5.69 Å². The van der Waals surface area contributed by atoms with Crippen molar-refractivity contribution in [3.05, 3.63) is 69.8 Å². The van der Waals surface area contributed by atoms with E-state index in [4.69, 9.17) is 0 Å². The predicted molar refractivity (Wildman–Crippen MR) is 102 cm³/mol. The Bertz CT molecular complexity index is 1030. The standard InChI is InChI=1S/C19H18N4O4/c1-22(2)18-10-13(14-5-3-4-6-15(14)21-18)11-20-19(25)12-7-8-17(24)16(9-12)23(26)27/h3-10,24H,11H2,1-2H3,(H,20,25). The van der Waals surface area contributed by atoms with E-state index in [9.17, 15) is 20.0 Å². The lowest BCUT2D eigenvalue weighted by molar-refractivity contribution is -0.385. The highest BCUT2D eigenvalue weighted by Crippen LogP contribution is 2.26. The van der Waals surface area contributed by atoms with Crippen molar-refractivity contribution in [2.75, 3.05) is 19.0 Å². The number of fused-ring (bicyclic) bond motifs is 1. The van der Waals surface area contributed by atoms with E-state index in [0.29, 0.717) is 0 Å². The minimum Gasteiger partial charge on any atom is -0.502 e. The largest absolute Gasteiger partial charge is 0.502 e. The van der Waals surface area contributed by atoms with Gasteiger partial charge in [0.15, 0.2) is 5.75 Å². The Morgan fingerprint density at radius 2 is 1.96 bits per heavy atom. The van der Waals surface area contributed by atoms with Crippen LogP contribution in [0.25, 0.3) is 10.9 Å². The maximum atomic E-state index is 12.4. The number of phenolic OH excluding ortho intramolecular Hbond substituents is 1. The summed E-state index contributed by atoms with van der Waals surface area (Å²) in [5, 5.41) is 24.1. The zero-order valence-electron chi connectivity index (χ0n) is 14.8. The van der Waals surface area contributed by atoms with Crippen molar-refractivity contribution in [1.82, 2.24) is 10.3 Å². The number of hydrogen-bond donors (Lipinski definition) is 2. The molecule has 0 saturated carbocycles. The molecule has 0 fully saturated rings. The Kier molecular flexibility index (Phi) is 4.89. The molecular weight excluding hydrogens is 348 g/mol. The molecule has 1 heterocycles. The van der Waals surface area contributed by atoms with E-state index in [1.54, 1.807) is 0 Å². The van der Waals surface area contributed by atoms with E-state index >= 15 is 0 Å². The molecular formula is C19H18N4O4. The first-order valence-corrected chi connectivity index (χ1v) is 8.18. The number of nitro groups is 1. The van der Waals surface area contributed by atoms with E-state index < -0.39 is 22.3 Å². The normalized spacial score (nSPS) is 10.6. The molecule has 1 aromatic heterocycles. The maximum absolute atomic E-state index is 12.4. The molecule has 27 heavy (non-hydrogen) atoms. The number of anilines is 1. The molecule has 0 aliphatic rings. The second-order valence-corrected chi connectivity index (χ2v) is 6.19. The van der Waals surface area contributed by atoms with Crippen molar-refractivity contribution >= 4 is 28.3 Å². The van der Waals surface area contributed by atoms with Crippen molar-refractivity contribution in [3.8, 4) is 5.75 Å². The molecule has 0 atom stereocenters. The third kappa shape index (κ3) is 3.79. The molecule has 0 radical (unpaired) electrons. The molecule has 0 spiro atoms. The SMILES string of the molecule is CN(C)c1cc(CNC(=O)c2ccc(O)c([N+](=O)[O-])c2)c2ccccc2n1. The number of nitro benzene ring substituents is 1. The summed E-state index contributed by atoms with van der Waals surface area (Å²) in [5.74, 6) is -0.184. The summed E-state index contributed by atoms with van der Waals surface area (Å²) in [6, 6.07) is 13.0. The molecule has 8 nitrogen and oxygen atoms in total. The first-order valence-electron chi connectivity index (χ1n) is 8.18. The maximum Gasteiger partial charge on any atom is 0.311 e. The Balaban J connectivity index is 1.87. The van der Waals surface area contributed by atoms with Crippen LogP contribution < -0.4 is 10.2 Å². The quantitative estimate of drug-likeness (QED) is 0.531. The molecule has 0 aliphatic carbocycles. The molecule has 138 valence electrons. The highest BCUT2D eigenvalue weighted by molar-refractivity contribution is 5.95. The van der Waals surface area contributed by atoms with Crippen LogP contribution >= 0.6 is 0 Å². The van der Waals surface area contributed by atoms with Crippen LogP contribution in [0, 0.1) is 10.1 Å². The zero-order valence-corrected chi connectivity index (χ0v) is 14.8. The molecule has 0 aliphatic heterocycles. The van der Waals surface area contributed by atoms with Crippen molar-refractivity contribution in [2.45, 2.75) is 6.54 Å². The molecule has 3 aromatic rings. The van der Waals surface area contributed by atoms with Crippen molar-refractivity contribution < 1.29 is 14.8 Å². The summed E-state index contributed by atoms with van der Waals surface area (Å²) < 4.78 is 0. The zero-order chi connectivity index (χ0) is 19.6. The Labute approximate surface area is 155 Å². The van der Waals surface area contributed by atoms with Gasteiger partial charge in [0, 0.05) is 37.7 Å². The summed E-state index contributed by atoms with van der Waals surface area (Å²) in [6.07, 6.45) is 0. The van der Waals surface area contributed by atoms with Crippen LogP contribution in [0.3, 0.4) is 0 Å². The highest BCUT2D eigenvalue weighted by Gasteiger charge is 2.17. The van der Waals surface area contributed by atoms with Gasteiger partial charge in [-0.3, -0.25) is 14.9 Å². The topological polar surface area (TPSA) is 109 Å². The van der Waals surface area contributed by atoms with E-state index in [-0.39, 0.29) is 12.1 Å². The summed E-state index contributed by atoms with van der Waals surface area (Å²) in [6.45, 7) is 0.234. The van der Waals surface area contributed by atoms with Gasteiger partial charge in [0.05, 0.1) is 10.4 Å². The minimum atomic E-state index is -0.730. The van der Waals surface area contributed by atoms with Crippen molar-refractivity contribution in [2.24, 2.45) is 0 Å². The Morgan fingerprint density at radius 1 is 1.22 bits per heavy atom. The molecule has 8 heteroatoms. The fraction of sp³-hybridized carbons (Fsp3) is 0.158. The Morgan fingerprint density at radius 3 is 2.67 bits per heavy atom. The average molecular weight is 366 g/mol. The second-order valence-electron chi connectivity index (χ2n) is 6.19. The third-order valence-corrected chi connectivity index (χ3v) is 4.12. The van der Waals surface area contributed by atoms with Crippen LogP contribution in [-0.2, 0) is 6.54 Å². The van der Waals surface area contributed by atoms with Crippen LogP contribution in [0.1, 0.15) is 15.9 Å². The number of benzene rings is 2. The molecule has 3 rings (SSSR count). The lowest BCUT2D eigenvalue weighted by atomic mass is 10.1. The number of aromatic nitrogens is 1. The van der Waals surface area contributed by atoms with E-state index in [1.165, 1.54) is 6.07 Å². The van der Waals surface area contributed by atoms with Gasteiger partial charge in [-0.1, -0.05) is 18.2 Å². The van der Waals surface area contributed by atoms with Gasteiger partial charge < -0.3 is 15.3 Å². The van der Waals surface area contributed by atoms with Gasteiger partial charge in [0.1, 0.15) is 5.82 Å². The number of nitrogens with zero attached hydrogens (tertiary/aromatic N) is 3. The molecule has 2 aromatic carbocycles. The van der Waals surface area contributed by atoms with E-state index in [2.05, 4.69) is 10.3 Å². The monoisotopic (exact) mass is 366 g/mol. The van der Waals surface area contributed by atoms with Gasteiger partial charge in [-0.2, -0.15) is 0 Å². The first kappa shape index (κ1) is 18.1. The van der Waals surface area contributed by atoms with Crippen LogP contribution in [0.2, 0.25) is 0 Å². The smallest absolute Gasteiger partial charge is 0.311 e. The molecule has 0 unspecified atom stereocenters. The molecule has 2 N–H and O–H groups in total. The van der Waals surface area contributed by atoms with Gasteiger partial charge in [-0.25, -0.2) is 4.98 Å². The lowest BCUT2D eigenvalue weighted by Gasteiger charge is -2.15. The first-order chi connectivity index (χ1) is 12.9. The average Bonchev–Trinajstić information content (AvgIpc) is 2.65. The second kappa shape index (κ2) is 7.28. The number of phenols is 1. The number of hydrogen-bond acceptors (Lipinski definition) is 6. The number of pyridine rings is 1. The van der Waals surface area contributed by atoms with E-state index in [1.807, 2.05) is 49.3 Å². The molecule has 1 amide bonds. The van der Waals surface area contributed by atoms with Gasteiger partial charge in [0.25, 0.3) is 5.91 Å². The van der Waals surface area contributed by atoms with Gasteiger partial charge in [0.2, 0.25) is 0 Å². The van der Waals surface area contributed by atoms with Crippen LogP contribution in [-0.4, -0.2) is 35.0 Å². The summed E-state index contributed by atoms with van der Waals surface area (Å²) in [7, 11) is 3.77. The number of carbonyl (C=O) groups excluding carboxylic acids is 1. The number of carbonyl (C=O) groups is 1. The third-order valence-electron chi connectivity index (χ3n) is 4.12. The molecule has 0 saturated heterocycles. The number of nitrogens with one attached hydrogen (secondary N) is 1. The number of para-hydroxylation sites is 1. The number of amides is 1. The van der Waals surface area contributed by atoms with Crippen LogP contribution in [0.4, 0.5) is 11.5 Å². The van der Waals surface area contributed by atoms with Gasteiger partial charge in [-0.15, -0.1) is 0 Å². The molecule has 0 bridgehead atoms. The number of aromatic hydroxyl groups is 1. The van der Waals surface area contributed by atoms with Crippen molar-refractivity contribution in [1.29, 1.82) is 0 Å². The number of rotatable bonds is 5. The highest BCUT2D eigenvalue weighted by atomic mass is 16.6. The fourth-order valence-electron chi connectivity index (χ4n) is 2.70. The summed E-state index contributed by atoms with van der Waals surface area (Å²) in [5.41, 5.74) is 1.29. The van der Waals surface area contributed by atoms with E-state index in [0.717, 1.165) is 34.4 Å². The van der Waals surface area contributed by atoms with Gasteiger partial charge in [-0.05, 0) is 29.8 Å². The lowest BCUT2D eigenvalue weighted by Crippen LogP contribution is -2.23. The minimum absolute atomic E-state index is 0.102. The summed E-state index contributed by atoms with van der Waals surface area (Å²) >= 11 is 0. The van der Waals surface area contributed by atoms with Crippen LogP contribution in [0.5, 0.6) is 5.75 Å². The fourth-order valence-corrected chi connectivity index (χ4v) is 2.70. The van der Waals surface area contributed by atoms with Crippen molar-refractivity contribution in [3.63, 3.8) is 0 Å². The predicted octanol–water partition coefficient (Wildman–Crippen LogP) is 2.84. The Hall–Kier alpha value is -3.68. The summed E-state index contributed by atoms with van der Waals surface area (Å²) in [4.78, 5) is 29.1.